The maximum Gasteiger partial charge on any atom is 0.326 e. The number of carboxylic acids is 1. The fraction of sp³-hybridized carbons (Fsp3) is 0.818. The van der Waals surface area contributed by atoms with Gasteiger partial charge in [-0.1, -0.05) is 0 Å². The first-order valence-corrected chi connectivity index (χ1v) is 5.96. The van der Waals surface area contributed by atoms with Crippen molar-refractivity contribution in [3.63, 3.8) is 0 Å². The van der Waals surface area contributed by atoms with Crippen molar-refractivity contribution < 1.29 is 24.5 Å². The topological polar surface area (TPSA) is 90.3 Å². The Balaban J connectivity index is 2.70. The molecule has 2 N–H and O–H groups in total. The SMILES string of the molecule is CCN(CCOC)C(=O)N1C[C@H](O)C[C@@H]1C(=O)O. The fourth-order valence-electron chi connectivity index (χ4n) is 2.03. The maximum atomic E-state index is 12.2. The second-order valence-electron chi connectivity index (χ2n) is 4.25. The Labute approximate surface area is 106 Å². The van der Waals surface area contributed by atoms with Crippen LogP contribution in [0.15, 0.2) is 0 Å². The number of ether oxygens (including phenoxy) is 1. The average molecular weight is 260 g/mol. The predicted octanol–water partition coefficient (Wildman–Crippen LogP) is -0.405. The van der Waals surface area contributed by atoms with Crippen LogP contribution in [0.1, 0.15) is 13.3 Å². The fourth-order valence-corrected chi connectivity index (χ4v) is 2.03. The largest absolute Gasteiger partial charge is 0.480 e. The lowest BCUT2D eigenvalue weighted by Gasteiger charge is -2.29. The lowest BCUT2D eigenvalue weighted by molar-refractivity contribution is -0.141. The Morgan fingerprint density at radius 3 is 2.67 bits per heavy atom. The van der Waals surface area contributed by atoms with Crippen molar-refractivity contribution in [3.8, 4) is 0 Å². The molecule has 7 nitrogen and oxygen atoms in total. The number of nitrogens with zero attached hydrogens (tertiary/aromatic N) is 2. The first-order chi connectivity index (χ1) is 8.51. The summed E-state index contributed by atoms with van der Waals surface area (Å²) in [6.45, 7) is 3.16. The van der Waals surface area contributed by atoms with Gasteiger partial charge in [-0.05, 0) is 6.92 Å². The van der Waals surface area contributed by atoms with Crippen LogP contribution in [0.4, 0.5) is 4.79 Å². The van der Waals surface area contributed by atoms with Crippen LogP contribution < -0.4 is 0 Å². The zero-order chi connectivity index (χ0) is 13.7. The van der Waals surface area contributed by atoms with Crippen LogP contribution in [-0.4, -0.2) is 77.5 Å². The summed E-state index contributed by atoms with van der Waals surface area (Å²) in [7, 11) is 1.54. The number of urea groups is 1. The van der Waals surface area contributed by atoms with Gasteiger partial charge in [0.1, 0.15) is 6.04 Å². The number of likely N-dealkylation sites (N-methyl/N-ethyl adjacent to an activating group) is 1. The van der Waals surface area contributed by atoms with Crippen molar-refractivity contribution in [1.29, 1.82) is 0 Å². The van der Waals surface area contributed by atoms with E-state index in [0.29, 0.717) is 19.7 Å². The molecule has 0 saturated carbocycles. The molecule has 104 valence electrons. The van der Waals surface area contributed by atoms with Crippen LogP contribution in [0.3, 0.4) is 0 Å². The van der Waals surface area contributed by atoms with Gasteiger partial charge in [0.15, 0.2) is 0 Å². The molecule has 1 saturated heterocycles. The third kappa shape index (κ3) is 3.33. The number of β-amino-alcohol motifs (C(OH)–C–C–N with tert-alkyl or cyclic N) is 1. The molecular formula is C11H20N2O5. The number of carbonyl (C=O) groups excluding carboxylic acids is 1. The Hall–Kier alpha value is -1.34. The van der Waals surface area contributed by atoms with Crippen molar-refractivity contribution in [3.05, 3.63) is 0 Å². The van der Waals surface area contributed by atoms with Crippen molar-refractivity contribution in [1.82, 2.24) is 9.80 Å². The monoisotopic (exact) mass is 260 g/mol. The lowest BCUT2D eigenvalue weighted by Crippen LogP contribution is -2.49. The highest BCUT2D eigenvalue weighted by atomic mass is 16.5. The van der Waals surface area contributed by atoms with E-state index in [1.54, 1.807) is 0 Å². The summed E-state index contributed by atoms with van der Waals surface area (Å²) in [6.07, 6.45) is -0.681. The van der Waals surface area contributed by atoms with Gasteiger partial charge in [0.05, 0.1) is 12.7 Å². The summed E-state index contributed by atoms with van der Waals surface area (Å²) < 4.78 is 4.90. The molecule has 1 aliphatic heterocycles. The lowest BCUT2D eigenvalue weighted by atomic mass is 10.2. The van der Waals surface area contributed by atoms with Crippen LogP contribution in [0.5, 0.6) is 0 Å². The predicted molar refractivity (Wildman–Crippen MR) is 63.3 cm³/mol. The van der Waals surface area contributed by atoms with Gasteiger partial charge in [0, 0.05) is 33.2 Å². The van der Waals surface area contributed by atoms with Crippen LogP contribution in [-0.2, 0) is 9.53 Å². The molecule has 0 bridgehead atoms. The first-order valence-electron chi connectivity index (χ1n) is 5.96. The van der Waals surface area contributed by atoms with Crippen molar-refractivity contribution in [2.75, 3.05) is 33.4 Å². The molecule has 2 amide bonds. The van der Waals surface area contributed by atoms with Gasteiger partial charge >= 0.3 is 12.0 Å². The Morgan fingerprint density at radius 2 is 2.17 bits per heavy atom. The van der Waals surface area contributed by atoms with E-state index in [9.17, 15) is 14.7 Å². The number of rotatable bonds is 5. The van der Waals surface area contributed by atoms with Gasteiger partial charge in [-0.2, -0.15) is 0 Å². The summed E-state index contributed by atoms with van der Waals surface area (Å²) in [5.74, 6) is -1.08. The van der Waals surface area contributed by atoms with E-state index in [1.807, 2.05) is 6.92 Å². The molecular weight excluding hydrogens is 240 g/mol. The molecule has 0 aliphatic carbocycles. The number of hydrogen-bond donors (Lipinski definition) is 2. The molecule has 2 atom stereocenters. The van der Waals surface area contributed by atoms with Gasteiger partial charge in [0.25, 0.3) is 0 Å². The normalized spacial score (nSPS) is 23.2. The van der Waals surface area contributed by atoms with Gasteiger partial charge in [-0.25, -0.2) is 9.59 Å². The summed E-state index contributed by atoms with van der Waals surface area (Å²) in [6, 6.07) is -1.30. The molecule has 0 unspecified atom stereocenters. The maximum absolute atomic E-state index is 12.2. The highest BCUT2D eigenvalue weighted by Crippen LogP contribution is 2.19. The average Bonchev–Trinajstić information content (AvgIpc) is 2.72. The van der Waals surface area contributed by atoms with Crippen LogP contribution in [0.25, 0.3) is 0 Å². The molecule has 0 aromatic carbocycles. The van der Waals surface area contributed by atoms with E-state index in [0.717, 1.165) is 0 Å². The Morgan fingerprint density at radius 1 is 1.50 bits per heavy atom. The highest BCUT2D eigenvalue weighted by molar-refractivity contribution is 5.83. The second kappa shape index (κ2) is 6.55. The minimum absolute atomic E-state index is 0.0687. The first kappa shape index (κ1) is 14.7. The van der Waals surface area contributed by atoms with E-state index >= 15 is 0 Å². The number of methoxy groups -OCH3 is 1. The van der Waals surface area contributed by atoms with Crippen molar-refractivity contribution in [2.24, 2.45) is 0 Å². The van der Waals surface area contributed by atoms with E-state index in [2.05, 4.69) is 0 Å². The van der Waals surface area contributed by atoms with Crippen LogP contribution in [0.2, 0.25) is 0 Å². The van der Waals surface area contributed by atoms with E-state index in [-0.39, 0.29) is 19.0 Å². The van der Waals surface area contributed by atoms with Crippen LogP contribution in [0, 0.1) is 0 Å². The number of aliphatic hydroxyl groups excluding tert-OH is 1. The number of hydrogen-bond acceptors (Lipinski definition) is 4. The van der Waals surface area contributed by atoms with Crippen molar-refractivity contribution >= 4 is 12.0 Å². The third-order valence-electron chi connectivity index (χ3n) is 3.03. The number of aliphatic carboxylic acids is 1. The van der Waals surface area contributed by atoms with Gasteiger partial charge < -0.3 is 24.7 Å². The zero-order valence-electron chi connectivity index (χ0n) is 10.7. The highest BCUT2D eigenvalue weighted by Gasteiger charge is 2.40. The summed E-state index contributed by atoms with van der Waals surface area (Å²) in [5, 5.41) is 18.5. The molecule has 0 spiro atoms. The number of amides is 2. The molecule has 7 heteroatoms. The van der Waals surface area contributed by atoms with Gasteiger partial charge in [0.2, 0.25) is 0 Å². The Kier molecular flexibility index (Phi) is 5.36. The minimum atomic E-state index is -1.08. The number of aliphatic hydroxyl groups is 1. The molecule has 1 fully saturated rings. The van der Waals surface area contributed by atoms with Gasteiger partial charge in [-0.15, -0.1) is 0 Å². The van der Waals surface area contributed by atoms with Gasteiger partial charge in [-0.3, -0.25) is 0 Å². The van der Waals surface area contributed by atoms with E-state index in [4.69, 9.17) is 9.84 Å². The third-order valence-corrected chi connectivity index (χ3v) is 3.03. The standard InChI is InChI=1S/C11H20N2O5/c1-3-12(4-5-18-2)11(17)13-7-8(14)6-9(13)10(15)16/h8-9,14H,3-7H2,1-2H3,(H,15,16)/t8-,9-/m1/s1. The molecule has 1 heterocycles. The number of carboxylic acid groups (broad SMARTS) is 1. The Bertz CT molecular complexity index is 310. The molecule has 0 radical (unpaired) electrons. The second-order valence-corrected chi connectivity index (χ2v) is 4.25. The number of carbonyl (C=O) groups is 2. The zero-order valence-corrected chi connectivity index (χ0v) is 10.7. The quantitative estimate of drug-likeness (QED) is 0.701. The van der Waals surface area contributed by atoms with E-state index in [1.165, 1.54) is 16.9 Å². The molecule has 18 heavy (non-hydrogen) atoms. The van der Waals surface area contributed by atoms with E-state index < -0.39 is 18.1 Å². The van der Waals surface area contributed by atoms with Crippen LogP contribution >= 0.6 is 0 Å². The number of likely N-dealkylation sites (tertiary alicyclic amines) is 1. The molecule has 1 rings (SSSR count). The molecule has 1 aliphatic rings. The molecule has 0 aromatic rings. The van der Waals surface area contributed by atoms with Crippen molar-refractivity contribution in [2.45, 2.75) is 25.5 Å². The summed E-state index contributed by atoms with van der Waals surface area (Å²) in [5.41, 5.74) is 0. The molecule has 0 aromatic heterocycles. The minimum Gasteiger partial charge on any atom is -0.480 e. The summed E-state index contributed by atoms with van der Waals surface area (Å²) in [4.78, 5) is 25.9. The summed E-state index contributed by atoms with van der Waals surface area (Å²) >= 11 is 0. The smallest absolute Gasteiger partial charge is 0.326 e.